The van der Waals surface area contributed by atoms with Gasteiger partial charge in [0, 0.05) is 31.9 Å². The maximum atomic E-state index is 5.92. The van der Waals surface area contributed by atoms with Crippen molar-refractivity contribution in [2.75, 3.05) is 33.4 Å². The van der Waals surface area contributed by atoms with Crippen molar-refractivity contribution in [2.24, 2.45) is 0 Å². The number of ether oxygens (including phenoxy) is 3. The fourth-order valence-electron chi connectivity index (χ4n) is 3.72. The summed E-state index contributed by atoms with van der Waals surface area (Å²) in [5.41, 5.74) is 0.888. The summed E-state index contributed by atoms with van der Waals surface area (Å²) in [6, 6.07) is 7.63. The van der Waals surface area contributed by atoms with Gasteiger partial charge in [0.15, 0.2) is 0 Å². The lowest BCUT2D eigenvalue weighted by Crippen LogP contribution is -2.37. The van der Waals surface area contributed by atoms with E-state index in [2.05, 4.69) is 15.1 Å². The van der Waals surface area contributed by atoms with Gasteiger partial charge in [-0.2, -0.15) is 0 Å². The van der Waals surface area contributed by atoms with Crippen LogP contribution in [0.2, 0.25) is 0 Å². The zero-order valence-corrected chi connectivity index (χ0v) is 15.8. The lowest BCUT2D eigenvalue weighted by Gasteiger charge is -2.26. The first-order valence-electron chi connectivity index (χ1n) is 9.72. The third-order valence-electron chi connectivity index (χ3n) is 5.13. The predicted molar refractivity (Wildman–Crippen MR) is 99.5 cm³/mol. The highest BCUT2D eigenvalue weighted by Crippen LogP contribution is 2.23. The molecule has 4 rings (SSSR count). The Hall–Kier alpha value is -1.96. The van der Waals surface area contributed by atoms with Crippen molar-refractivity contribution < 1.29 is 18.6 Å². The van der Waals surface area contributed by atoms with Gasteiger partial charge < -0.3 is 18.6 Å². The van der Waals surface area contributed by atoms with Gasteiger partial charge in [-0.3, -0.25) is 4.90 Å². The Morgan fingerprint density at radius 3 is 2.22 bits per heavy atom. The Labute approximate surface area is 159 Å². The van der Waals surface area contributed by atoms with Crippen molar-refractivity contribution in [1.82, 2.24) is 15.1 Å². The second-order valence-corrected chi connectivity index (χ2v) is 7.19. The van der Waals surface area contributed by atoms with Gasteiger partial charge in [0.25, 0.3) is 0 Å². The molecule has 0 N–H and O–H groups in total. The van der Waals surface area contributed by atoms with Crippen LogP contribution in [0.25, 0.3) is 11.5 Å². The summed E-state index contributed by atoms with van der Waals surface area (Å²) in [6.45, 7) is 4.09. The van der Waals surface area contributed by atoms with E-state index in [0.29, 0.717) is 18.3 Å². The molecule has 2 saturated heterocycles. The molecule has 2 fully saturated rings. The number of benzene rings is 1. The fourth-order valence-corrected chi connectivity index (χ4v) is 3.72. The average molecular weight is 373 g/mol. The van der Waals surface area contributed by atoms with E-state index in [1.54, 1.807) is 7.11 Å². The molecule has 2 aliphatic heterocycles. The van der Waals surface area contributed by atoms with Crippen LogP contribution in [0, 0.1) is 0 Å². The van der Waals surface area contributed by atoms with Crippen LogP contribution < -0.4 is 4.74 Å². The topological polar surface area (TPSA) is 69.9 Å². The standard InChI is InChI=1S/C20H27N3O4/c1-24-16-8-6-15(7-9-16)20-22-21-19(27-20)14-23(12-17-4-2-10-25-17)13-18-5-3-11-26-18/h6-9,17-18H,2-5,10-14H2,1H3. The molecule has 0 bridgehead atoms. The van der Waals surface area contributed by atoms with Gasteiger partial charge in [-0.25, -0.2) is 0 Å². The van der Waals surface area contributed by atoms with Crippen molar-refractivity contribution >= 4 is 0 Å². The Bertz CT molecular complexity index is 688. The molecule has 0 saturated carbocycles. The average Bonchev–Trinajstić information content (AvgIpc) is 3.45. The summed E-state index contributed by atoms with van der Waals surface area (Å²) in [4.78, 5) is 2.33. The van der Waals surface area contributed by atoms with Gasteiger partial charge in [0.05, 0.1) is 25.9 Å². The van der Waals surface area contributed by atoms with Crippen LogP contribution >= 0.6 is 0 Å². The Morgan fingerprint density at radius 2 is 1.67 bits per heavy atom. The molecule has 7 heteroatoms. The van der Waals surface area contributed by atoms with Crippen LogP contribution in [0.3, 0.4) is 0 Å². The minimum Gasteiger partial charge on any atom is -0.497 e. The number of nitrogens with zero attached hydrogens (tertiary/aromatic N) is 3. The van der Waals surface area contributed by atoms with Gasteiger partial charge in [0.1, 0.15) is 5.75 Å². The van der Waals surface area contributed by atoms with E-state index >= 15 is 0 Å². The summed E-state index contributed by atoms with van der Waals surface area (Å²) in [7, 11) is 1.65. The van der Waals surface area contributed by atoms with Crippen molar-refractivity contribution in [3.05, 3.63) is 30.2 Å². The summed E-state index contributed by atoms with van der Waals surface area (Å²) in [5.74, 6) is 1.96. The van der Waals surface area contributed by atoms with Crippen LogP contribution in [-0.2, 0) is 16.0 Å². The zero-order valence-electron chi connectivity index (χ0n) is 15.8. The number of rotatable bonds is 8. The minimum atomic E-state index is 0.287. The van der Waals surface area contributed by atoms with E-state index < -0.39 is 0 Å². The molecule has 2 unspecified atom stereocenters. The summed E-state index contributed by atoms with van der Waals surface area (Å²) in [6.07, 6.45) is 5.08. The van der Waals surface area contributed by atoms with Crippen LogP contribution in [0.4, 0.5) is 0 Å². The monoisotopic (exact) mass is 373 g/mol. The first-order valence-corrected chi connectivity index (χ1v) is 9.72. The van der Waals surface area contributed by atoms with E-state index in [9.17, 15) is 0 Å². The van der Waals surface area contributed by atoms with Gasteiger partial charge >= 0.3 is 0 Å². The second-order valence-electron chi connectivity index (χ2n) is 7.19. The number of methoxy groups -OCH3 is 1. The second kappa shape index (κ2) is 8.82. The summed E-state index contributed by atoms with van der Waals surface area (Å²) >= 11 is 0. The fraction of sp³-hybridized carbons (Fsp3) is 0.600. The van der Waals surface area contributed by atoms with Crippen LogP contribution in [0.1, 0.15) is 31.6 Å². The van der Waals surface area contributed by atoms with Gasteiger partial charge in [0.2, 0.25) is 11.8 Å². The molecular weight excluding hydrogens is 346 g/mol. The highest BCUT2D eigenvalue weighted by molar-refractivity contribution is 5.53. The van der Waals surface area contributed by atoms with E-state index in [1.165, 1.54) is 0 Å². The van der Waals surface area contributed by atoms with Crippen molar-refractivity contribution in [3.8, 4) is 17.2 Å². The molecule has 0 aliphatic carbocycles. The Morgan fingerprint density at radius 1 is 1.00 bits per heavy atom. The number of hydrogen-bond acceptors (Lipinski definition) is 7. The molecule has 27 heavy (non-hydrogen) atoms. The van der Waals surface area contributed by atoms with Crippen LogP contribution in [0.5, 0.6) is 5.75 Å². The van der Waals surface area contributed by atoms with Crippen LogP contribution in [0.15, 0.2) is 28.7 Å². The predicted octanol–water partition coefficient (Wildman–Crippen LogP) is 2.91. The first-order chi connectivity index (χ1) is 13.3. The molecular formula is C20H27N3O4. The molecule has 2 aromatic rings. The maximum Gasteiger partial charge on any atom is 0.247 e. The molecule has 2 aliphatic rings. The van der Waals surface area contributed by atoms with Crippen molar-refractivity contribution in [2.45, 2.75) is 44.4 Å². The molecule has 0 radical (unpaired) electrons. The molecule has 2 atom stereocenters. The SMILES string of the molecule is COc1ccc(-c2nnc(CN(CC3CCCO3)CC3CCCO3)o2)cc1. The van der Waals surface area contributed by atoms with E-state index in [0.717, 1.165) is 63.3 Å². The molecule has 1 aromatic heterocycles. The largest absolute Gasteiger partial charge is 0.497 e. The summed E-state index contributed by atoms with van der Waals surface area (Å²) in [5, 5.41) is 8.46. The third-order valence-corrected chi connectivity index (χ3v) is 5.13. The number of hydrogen-bond donors (Lipinski definition) is 0. The minimum absolute atomic E-state index is 0.287. The van der Waals surface area contributed by atoms with Crippen molar-refractivity contribution in [1.29, 1.82) is 0 Å². The molecule has 1 aromatic carbocycles. The lowest BCUT2D eigenvalue weighted by atomic mass is 10.2. The normalized spacial score (nSPS) is 22.6. The number of aromatic nitrogens is 2. The Kier molecular flexibility index (Phi) is 6.01. The molecule has 7 nitrogen and oxygen atoms in total. The van der Waals surface area contributed by atoms with E-state index in [1.807, 2.05) is 24.3 Å². The van der Waals surface area contributed by atoms with Gasteiger partial charge in [-0.05, 0) is 49.9 Å². The quantitative estimate of drug-likeness (QED) is 0.704. The highest BCUT2D eigenvalue weighted by atomic mass is 16.5. The third kappa shape index (κ3) is 4.86. The Balaban J connectivity index is 1.42. The smallest absolute Gasteiger partial charge is 0.247 e. The molecule has 3 heterocycles. The van der Waals surface area contributed by atoms with E-state index in [-0.39, 0.29) is 12.2 Å². The van der Waals surface area contributed by atoms with Crippen molar-refractivity contribution in [3.63, 3.8) is 0 Å². The van der Waals surface area contributed by atoms with Crippen LogP contribution in [-0.4, -0.2) is 60.7 Å². The molecule has 0 spiro atoms. The van der Waals surface area contributed by atoms with E-state index in [4.69, 9.17) is 18.6 Å². The molecule has 0 amide bonds. The zero-order chi connectivity index (χ0) is 18.5. The first kappa shape index (κ1) is 18.4. The lowest BCUT2D eigenvalue weighted by molar-refractivity contribution is 0.0316. The summed E-state index contributed by atoms with van der Waals surface area (Å²) < 4.78 is 22.8. The van der Waals surface area contributed by atoms with Gasteiger partial charge in [-0.1, -0.05) is 0 Å². The van der Waals surface area contributed by atoms with Gasteiger partial charge in [-0.15, -0.1) is 10.2 Å². The highest BCUT2D eigenvalue weighted by Gasteiger charge is 2.25. The maximum absolute atomic E-state index is 5.92. The molecule has 146 valence electrons.